The number of hydrogen-bond acceptors (Lipinski definition) is 2. The maximum absolute atomic E-state index is 12.4. The van der Waals surface area contributed by atoms with E-state index >= 15 is 0 Å². The number of anilines is 1. The average Bonchev–Trinajstić information content (AvgIpc) is 2.29. The normalized spacial score (nSPS) is 15.4. The first-order valence-corrected chi connectivity index (χ1v) is 4.98. The Labute approximate surface area is 96.3 Å². The van der Waals surface area contributed by atoms with Crippen molar-refractivity contribution in [2.24, 2.45) is 0 Å². The topological polar surface area (TPSA) is 23.5 Å². The quantitative estimate of drug-likeness (QED) is 0.815. The van der Waals surface area contributed by atoms with Crippen LogP contribution in [0.4, 0.5) is 18.9 Å². The van der Waals surface area contributed by atoms with Crippen LogP contribution in [0.2, 0.25) is 0 Å². The summed E-state index contributed by atoms with van der Waals surface area (Å²) in [5, 5.41) is 9.61. The molecule has 1 heterocycles. The lowest BCUT2D eigenvalue weighted by molar-refractivity contribution is -0.137. The summed E-state index contributed by atoms with van der Waals surface area (Å²) in [6.45, 7) is 0.523. The molecule has 1 aliphatic rings. The van der Waals surface area contributed by atoms with Gasteiger partial charge in [0.25, 0.3) is 0 Å². The third kappa shape index (κ3) is 2.43. The molecule has 0 radical (unpaired) electrons. The Morgan fingerprint density at radius 1 is 1.18 bits per heavy atom. The molecule has 2 rings (SSSR count). The molecule has 0 aliphatic carbocycles. The molecule has 0 unspecified atom stereocenters. The third-order valence-corrected chi connectivity index (χ3v) is 2.43. The number of halogens is 3. The molecular formula is C12H10F3NO. The molecule has 5 heteroatoms. The Kier molecular flexibility index (Phi) is 2.83. The fraction of sp³-hybridized carbons (Fsp3) is 0.167. The average molecular weight is 241 g/mol. The molecule has 2 nitrogen and oxygen atoms in total. The summed E-state index contributed by atoms with van der Waals surface area (Å²) in [7, 11) is 0. The molecule has 0 saturated heterocycles. The summed E-state index contributed by atoms with van der Waals surface area (Å²) in [6.07, 6.45) is 2.69. The molecule has 0 fully saturated rings. The van der Waals surface area contributed by atoms with Crippen LogP contribution in [0.1, 0.15) is 5.56 Å². The van der Waals surface area contributed by atoms with Gasteiger partial charge in [0, 0.05) is 12.7 Å². The van der Waals surface area contributed by atoms with E-state index in [1.165, 1.54) is 6.07 Å². The number of alkyl halides is 3. The van der Waals surface area contributed by atoms with Gasteiger partial charge in [0.15, 0.2) is 0 Å². The molecule has 1 aromatic rings. The monoisotopic (exact) mass is 241 g/mol. The summed E-state index contributed by atoms with van der Waals surface area (Å²) in [4.78, 5) is 1.66. The second kappa shape index (κ2) is 4.16. The molecule has 17 heavy (non-hydrogen) atoms. The zero-order valence-corrected chi connectivity index (χ0v) is 8.78. The SMILES string of the molecule is Oc1cc(C(F)(F)F)ccc1N1C=CC=CC1. The summed E-state index contributed by atoms with van der Waals surface area (Å²) >= 11 is 0. The van der Waals surface area contributed by atoms with Crippen molar-refractivity contribution in [2.75, 3.05) is 11.4 Å². The highest BCUT2D eigenvalue weighted by molar-refractivity contribution is 5.62. The van der Waals surface area contributed by atoms with E-state index in [-0.39, 0.29) is 5.75 Å². The maximum Gasteiger partial charge on any atom is 0.416 e. The van der Waals surface area contributed by atoms with Crippen molar-refractivity contribution in [1.29, 1.82) is 0 Å². The smallest absolute Gasteiger partial charge is 0.416 e. The first-order valence-electron chi connectivity index (χ1n) is 4.98. The van der Waals surface area contributed by atoms with Crippen LogP contribution in [-0.4, -0.2) is 11.7 Å². The van der Waals surface area contributed by atoms with Crippen LogP contribution in [0, 0.1) is 0 Å². The number of nitrogens with zero attached hydrogens (tertiary/aromatic N) is 1. The van der Waals surface area contributed by atoms with Crippen molar-refractivity contribution < 1.29 is 18.3 Å². The molecule has 0 spiro atoms. The Balaban J connectivity index is 2.32. The first kappa shape index (κ1) is 11.6. The Hall–Kier alpha value is -1.91. The van der Waals surface area contributed by atoms with E-state index in [0.717, 1.165) is 12.1 Å². The molecule has 0 saturated carbocycles. The minimum Gasteiger partial charge on any atom is -0.506 e. The van der Waals surface area contributed by atoms with Crippen molar-refractivity contribution in [3.05, 3.63) is 48.2 Å². The minimum atomic E-state index is -4.44. The van der Waals surface area contributed by atoms with E-state index < -0.39 is 11.7 Å². The number of phenolic OH excluding ortho intramolecular Hbond substituents is 1. The van der Waals surface area contributed by atoms with Gasteiger partial charge in [-0.2, -0.15) is 13.2 Å². The number of benzene rings is 1. The van der Waals surface area contributed by atoms with Crippen LogP contribution < -0.4 is 4.90 Å². The van der Waals surface area contributed by atoms with E-state index in [9.17, 15) is 18.3 Å². The van der Waals surface area contributed by atoms with E-state index in [1.54, 1.807) is 17.2 Å². The van der Waals surface area contributed by atoms with Gasteiger partial charge in [0.1, 0.15) is 5.75 Å². The summed E-state index contributed by atoms with van der Waals surface area (Å²) in [5.74, 6) is -0.375. The van der Waals surface area contributed by atoms with Crippen LogP contribution in [-0.2, 0) is 6.18 Å². The zero-order valence-electron chi connectivity index (χ0n) is 8.78. The highest BCUT2D eigenvalue weighted by atomic mass is 19.4. The largest absolute Gasteiger partial charge is 0.506 e. The number of aromatic hydroxyl groups is 1. The highest BCUT2D eigenvalue weighted by Gasteiger charge is 2.31. The highest BCUT2D eigenvalue weighted by Crippen LogP contribution is 2.36. The summed E-state index contributed by atoms with van der Waals surface area (Å²) in [5.41, 5.74) is -0.492. The summed E-state index contributed by atoms with van der Waals surface area (Å²) < 4.78 is 37.2. The second-order valence-electron chi connectivity index (χ2n) is 3.62. The van der Waals surface area contributed by atoms with Crippen molar-refractivity contribution in [3.8, 4) is 5.75 Å². The van der Waals surface area contributed by atoms with E-state index in [0.29, 0.717) is 12.2 Å². The Morgan fingerprint density at radius 2 is 1.94 bits per heavy atom. The molecule has 0 aromatic heterocycles. The first-order chi connectivity index (χ1) is 7.98. The van der Waals surface area contributed by atoms with Gasteiger partial charge in [-0.05, 0) is 24.3 Å². The van der Waals surface area contributed by atoms with Crippen molar-refractivity contribution in [1.82, 2.24) is 0 Å². The molecule has 0 atom stereocenters. The van der Waals surface area contributed by atoms with Gasteiger partial charge < -0.3 is 10.0 Å². The van der Waals surface area contributed by atoms with Gasteiger partial charge in [-0.3, -0.25) is 0 Å². The van der Waals surface area contributed by atoms with Crippen molar-refractivity contribution >= 4 is 5.69 Å². The maximum atomic E-state index is 12.4. The summed E-state index contributed by atoms with van der Waals surface area (Å²) in [6, 6.07) is 2.96. The molecule has 1 N–H and O–H groups in total. The zero-order chi connectivity index (χ0) is 12.5. The number of rotatable bonds is 1. The lowest BCUT2D eigenvalue weighted by atomic mass is 10.1. The van der Waals surface area contributed by atoms with Crippen molar-refractivity contribution in [3.63, 3.8) is 0 Å². The van der Waals surface area contributed by atoms with Crippen LogP contribution in [0.25, 0.3) is 0 Å². The van der Waals surface area contributed by atoms with Crippen LogP contribution in [0.15, 0.2) is 42.6 Å². The van der Waals surface area contributed by atoms with E-state index in [1.807, 2.05) is 12.2 Å². The fourth-order valence-corrected chi connectivity index (χ4v) is 1.59. The van der Waals surface area contributed by atoms with Gasteiger partial charge in [-0.25, -0.2) is 0 Å². The molecule has 90 valence electrons. The standard InChI is InChI=1S/C12H10F3NO/c13-12(14,15)9-4-5-10(11(17)8-9)16-6-2-1-3-7-16/h1-6,8,17H,7H2. The van der Waals surface area contributed by atoms with E-state index in [2.05, 4.69) is 0 Å². The minimum absolute atomic E-state index is 0.360. The van der Waals surface area contributed by atoms with Gasteiger partial charge >= 0.3 is 6.18 Å². The molecule has 0 amide bonds. The fourth-order valence-electron chi connectivity index (χ4n) is 1.59. The van der Waals surface area contributed by atoms with Gasteiger partial charge in [-0.1, -0.05) is 12.2 Å². The number of allylic oxidation sites excluding steroid dienone is 2. The lowest BCUT2D eigenvalue weighted by Gasteiger charge is -2.22. The van der Waals surface area contributed by atoms with Gasteiger partial charge in [0.05, 0.1) is 11.3 Å². The molecular weight excluding hydrogens is 231 g/mol. The lowest BCUT2D eigenvalue weighted by Crippen LogP contribution is -2.17. The van der Waals surface area contributed by atoms with E-state index in [4.69, 9.17) is 0 Å². The van der Waals surface area contributed by atoms with Crippen LogP contribution in [0.5, 0.6) is 5.75 Å². The Bertz CT molecular complexity index is 477. The van der Waals surface area contributed by atoms with Crippen molar-refractivity contribution in [2.45, 2.75) is 6.18 Å². The molecule has 1 aromatic carbocycles. The Morgan fingerprint density at radius 3 is 2.47 bits per heavy atom. The predicted octanol–water partition coefficient (Wildman–Crippen LogP) is 3.30. The number of phenols is 1. The predicted molar refractivity (Wildman–Crippen MR) is 58.7 cm³/mol. The van der Waals surface area contributed by atoms with Gasteiger partial charge in [-0.15, -0.1) is 0 Å². The second-order valence-corrected chi connectivity index (χ2v) is 3.62. The van der Waals surface area contributed by atoms with Crippen LogP contribution in [0.3, 0.4) is 0 Å². The van der Waals surface area contributed by atoms with Gasteiger partial charge in [0.2, 0.25) is 0 Å². The van der Waals surface area contributed by atoms with Crippen LogP contribution >= 0.6 is 0 Å². The number of hydrogen-bond donors (Lipinski definition) is 1. The third-order valence-electron chi connectivity index (χ3n) is 2.43. The molecule has 0 bridgehead atoms. The molecule has 1 aliphatic heterocycles.